The lowest BCUT2D eigenvalue weighted by molar-refractivity contribution is 0.112. The Bertz CT molecular complexity index is 347. The number of nitrogens with two attached hydrogens (primary N) is 1. The molecule has 0 fully saturated rings. The number of carbonyl (C=O) groups excluding carboxylic acids is 1. The van der Waals surface area contributed by atoms with Gasteiger partial charge in [0.05, 0.1) is 0 Å². The summed E-state index contributed by atoms with van der Waals surface area (Å²) >= 11 is 0. The van der Waals surface area contributed by atoms with Crippen LogP contribution in [0.25, 0.3) is 0 Å². The van der Waals surface area contributed by atoms with Gasteiger partial charge in [0.2, 0.25) is 0 Å². The van der Waals surface area contributed by atoms with Gasteiger partial charge in [0, 0.05) is 5.56 Å². The SMILES string of the molecule is CC.CC.NCC1CCCc2ccc(C=O)cc21. The molecule has 1 aliphatic carbocycles. The quantitative estimate of drug-likeness (QED) is 0.807. The van der Waals surface area contributed by atoms with Crippen molar-refractivity contribution in [2.75, 3.05) is 6.54 Å². The molecule has 1 aromatic rings. The Morgan fingerprint density at radius 1 is 1.28 bits per heavy atom. The lowest BCUT2D eigenvalue weighted by Crippen LogP contribution is -2.18. The minimum Gasteiger partial charge on any atom is -0.330 e. The van der Waals surface area contributed by atoms with E-state index in [1.807, 2.05) is 39.8 Å². The summed E-state index contributed by atoms with van der Waals surface area (Å²) in [6.07, 6.45) is 4.41. The van der Waals surface area contributed by atoms with Crippen LogP contribution < -0.4 is 5.73 Å². The molecule has 1 unspecified atom stereocenters. The predicted octanol–water partition coefficient (Wildman–Crippen LogP) is 3.93. The van der Waals surface area contributed by atoms with Gasteiger partial charge in [-0.15, -0.1) is 0 Å². The van der Waals surface area contributed by atoms with Crippen LogP contribution >= 0.6 is 0 Å². The first kappa shape index (κ1) is 16.9. The third kappa shape index (κ3) is 4.26. The normalized spacial score (nSPS) is 16.4. The number of aldehydes is 1. The van der Waals surface area contributed by atoms with Crippen LogP contribution in [-0.2, 0) is 6.42 Å². The number of hydrogen-bond acceptors (Lipinski definition) is 2. The molecule has 2 rings (SSSR count). The molecule has 18 heavy (non-hydrogen) atoms. The minimum atomic E-state index is 0.457. The van der Waals surface area contributed by atoms with Gasteiger partial charge in [0.15, 0.2) is 0 Å². The number of hydrogen-bond donors (Lipinski definition) is 1. The summed E-state index contributed by atoms with van der Waals surface area (Å²) in [5, 5.41) is 0. The largest absolute Gasteiger partial charge is 0.330 e. The van der Waals surface area contributed by atoms with Crippen molar-refractivity contribution in [2.24, 2.45) is 5.73 Å². The van der Waals surface area contributed by atoms with E-state index in [2.05, 4.69) is 6.07 Å². The number of fused-ring (bicyclic) bond motifs is 1. The van der Waals surface area contributed by atoms with Crippen molar-refractivity contribution < 1.29 is 4.79 Å². The van der Waals surface area contributed by atoms with Crippen LogP contribution in [-0.4, -0.2) is 12.8 Å². The molecule has 0 aromatic heterocycles. The Balaban J connectivity index is 0.000000659. The summed E-state index contributed by atoms with van der Waals surface area (Å²) in [6.45, 7) is 8.69. The fourth-order valence-corrected chi connectivity index (χ4v) is 2.23. The van der Waals surface area contributed by atoms with Crippen LogP contribution in [0.1, 0.15) is 67.9 Å². The molecule has 0 aliphatic heterocycles. The van der Waals surface area contributed by atoms with E-state index in [9.17, 15) is 4.79 Å². The molecule has 1 atom stereocenters. The van der Waals surface area contributed by atoms with Gasteiger partial charge >= 0.3 is 0 Å². The first-order chi connectivity index (χ1) is 8.85. The summed E-state index contributed by atoms with van der Waals surface area (Å²) in [5.74, 6) is 0.457. The zero-order valence-electron chi connectivity index (χ0n) is 12.2. The van der Waals surface area contributed by atoms with Crippen molar-refractivity contribution in [1.82, 2.24) is 0 Å². The van der Waals surface area contributed by atoms with Gasteiger partial charge < -0.3 is 5.73 Å². The number of rotatable bonds is 2. The van der Waals surface area contributed by atoms with Gasteiger partial charge in [-0.3, -0.25) is 4.79 Å². The third-order valence-electron chi connectivity index (χ3n) is 3.03. The molecular formula is C16H27NO. The smallest absolute Gasteiger partial charge is 0.150 e. The maximum absolute atomic E-state index is 10.7. The molecule has 0 amide bonds. The number of aryl methyl sites for hydroxylation is 1. The Hall–Kier alpha value is -1.15. The predicted molar refractivity (Wildman–Crippen MR) is 79.3 cm³/mol. The molecule has 1 aliphatic rings. The molecule has 2 nitrogen and oxygen atoms in total. The van der Waals surface area contributed by atoms with Crippen LogP contribution in [0, 0.1) is 0 Å². The third-order valence-corrected chi connectivity index (χ3v) is 3.03. The first-order valence-corrected chi connectivity index (χ1v) is 7.13. The standard InChI is InChI=1S/C12H15NO.2C2H6/c13-7-11-3-1-2-10-5-4-9(8-14)6-12(10)11;2*1-2/h4-6,8,11H,1-3,7,13H2;2*1-2H3. The Morgan fingerprint density at radius 3 is 2.50 bits per heavy atom. The molecule has 2 heteroatoms. The molecule has 1 aromatic carbocycles. The average Bonchev–Trinajstić information content (AvgIpc) is 2.50. The lowest BCUT2D eigenvalue weighted by Gasteiger charge is -2.24. The van der Waals surface area contributed by atoms with Crippen LogP contribution in [0.4, 0.5) is 0 Å². The van der Waals surface area contributed by atoms with Crippen molar-refractivity contribution >= 4 is 6.29 Å². The zero-order chi connectivity index (χ0) is 14.0. The van der Waals surface area contributed by atoms with Crippen LogP contribution in [0.5, 0.6) is 0 Å². The van der Waals surface area contributed by atoms with Crippen molar-refractivity contribution in [3.63, 3.8) is 0 Å². The fourth-order valence-electron chi connectivity index (χ4n) is 2.23. The summed E-state index contributed by atoms with van der Waals surface area (Å²) in [5.41, 5.74) is 9.16. The average molecular weight is 249 g/mol. The van der Waals surface area contributed by atoms with E-state index in [0.717, 1.165) is 24.7 Å². The van der Waals surface area contributed by atoms with Gasteiger partial charge in [0.1, 0.15) is 6.29 Å². The van der Waals surface area contributed by atoms with E-state index in [4.69, 9.17) is 5.73 Å². The maximum Gasteiger partial charge on any atom is 0.150 e. The minimum absolute atomic E-state index is 0.457. The maximum atomic E-state index is 10.7. The number of carbonyl (C=O) groups is 1. The lowest BCUT2D eigenvalue weighted by atomic mass is 9.82. The second-order valence-corrected chi connectivity index (χ2v) is 3.90. The van der Waals surface area contributed by atoms with Gasteiger partial charge in [0.25, 0.3) is 0 Å². The van der Waals surface area contributed by atoms with Crippen molar-refractivity contribution in [3.05, 3.63) is 34.9 Å². The molecule has 0 spiro atoms. The molecule has 0 saturated carbocycles. The summed E-state index contributed by atoms with van der Waals surface area (Å²) in [6, 6.07) is 5.96. The topological polar surface area (TPSA) is 43.1 Å². The Morgan fingerprint density at radius 2 is 1.94 bits per heavy atom. The summed E-state index contributed by atoms with van der Waals surface area (Å²) in [7, 11) is 0. The highest BCUT2D eigenvalue weighted by Gasteiger charge is 2.18. The van der Waals surface area contributed by atoms with Crippen LogP contribution in [0.15, 0.2) is 18.2 Å². The van der Waals surface area contributed by atoms with Crippen molar-refractivity contribution in [3.8, 4) is 0 Å². The van der Waals surface area contributed by atoms with E-state index < -0.39 is 0 Å². The molecule has 102 valence electrons. The highest BCUT2D eigenvalue weighted by Crippen LogP contribution is 2.31. The second-order valence-electron chi connectivity index (χ2n) is 3.90. The summed E-state index contributed by atoms with van der Waals surface area (Å²) < 4.78 is 0. The van der Waals surface area contributed by atoms with Gasteiger partial charge in [-0.1, -0.05) is 39.8 Å². The summed E-state index contributed by atoms with van der Waals surface area (Å²) in [4.78, 5) is 10.7. The molecule has 0 heterocycles. The number of benzene rings is 1. The zero-order valence-corrected chi connectivity index (χ0v) is 12.2. The molecular weight excluding hydrogens is 222 g/mol. The first-order valence-electron chi connectivity index (χ1n) is 7.13. The highest BCUT2D eigenvalue weighted by atomic mass is 16.1. The Kier molecular flexibility index (Phi) is 9.21. The highest BCUT2D eigenvalue weighted by molar-refractivity contribution is 5.75. The van der Waals surface area contributed by atoms with E-state index in [0.29, 0.717) is 12.5 Å². The van der Waals surface area contributed by atoms with E-state index in [1.54, 1.807) is 0 Å². The van der Waals surface area contributed by atoms with Crippen molar-refractivity contribution in [2.45, 2.75) is 52.9 Å². The van der Waals surface area contributed by atoms with Gasteiger partial charge in [-0.05, 0) is 48.9 Å². The van der Waals surface area contributed by atoms with Crippen molar-refractivity contribution in [1.29, 1.82) is 0 Å². The molecule has 2 N–H and O–H groups in total. The van der Waals surface area contributed by atoms with E-state index in [1.165, 1.54) is 17.5 Å². The molecule has 0 radical (unpaired) electrons. The monoisotopic (exact) mass is 249 g/mol. The van der Waals surface area contributed by atoms with Gasteiger partial charge in [-0.2, -0.15) is 0 Å². The molecule has 0 bridgehead atoms. The van der Waals surface area contributed by atoms with E-state index >= 15 is 0 Å². The van der Waals surface area contributed by atoms with E-state index in [-0.39, 0.29) is 0 Å². The fraction of sp³-hybridized carbons (Fsp3) is 0.562. The van der Waals surface area contributed by atoms with Gasteiger partial charge in [-0.25, -0.2) is 0 Å². The van der Waals surface area contributed by atoms with Crippen LogP contribution in [0.2, 0.25) is 0 Å². The Labute approximate surface area is 112 Å². The second kappa shape index (κ2) is 9.84. The molecule has 0 saturated heterocycles. The van der Waals surface area contributed by atoms with Crippen LogP contribution in [0.3, 0.4) is 0 Å².